The highest BCUT2D eigenvalue weighted by Gasteiger charge is 2.16. The molecule has 0 saturated heterocycles. The quantitative estimate of drug-likeness (QED) is 0.209. The van der Waals surface area contributed by atoms with Crippen LogP contribution in [-0.4, -0.2) is 28.4 Å². The summed E-state index contributed by atoms with van der Waals surface area (Å²) in [5.74, 6) is 0.842. The minimum atomic E-state index is -0.299. The Morgan fingerprint density at radius 1 is 1.16 bits per heavy atom. The summed E-state index contributed by atoms with van der Waals surface area (Å²) in [5, 5.41) is 8.31. The number of benzene rings is 3. The van der Waals surface area contributed by atoms with Crippen molar-refractivity contribution in [2.75, 3.05) is 11.9 Å². The fraction of sp³-hybridized carbons (Fsp3) is 0.185. The molecule has 0 spiro atoms. The molecule has 1 amide bonds. The minimum Gasteiger partial charge on any atom is -0.483 e. The first-order valence-electron chi connectivity index (χ1n) is 11.5. The van der Waals surface area contributed by atoms with Crippen LogP contribution in [0.25, 0.3) is 10.9 Å². The lowest BCUT2D eigenvalue weighted by Crippen LogP contribution is -2.23. The number of aromatic nitrogens is 2. The van der Waals surface area contributed by atoms with Gasteiger partial charge in [0.25, 0.3) is 11.5 Å². The second-order valence-electron chi connectivity index (χ2n) is 8.34. The van der Waals surface area contributed by atoms with Gasteiger partial charge >= 0.3 is 0 Å². The Morgan fingerprint density at radius 2 is 1.92 bits per heavy atom. The van der Waals surface area contributed by atoms with Crippen molar-refractivity contribution in [2.24, 2.45) is 5.10 Å². The van der Waals surface area contributed by atoms with Gasteiger partial charge in [0.1, 0.15) is 11.6 Å². The van der Waals surface area contributed by atoms with Crippen LogP contribution in [0, 0.1) is 0 Å². The van der Waals surface area contributed by atoms with Gasteiger partial charge < -0.3 is 10.1 Å². The molecule has 4 rings (SSSR count). The zero-order chi connectivity index (χ0) is 26.5. The molecule has 10 heteroatoms. The number of hydrogen-bond acceptors (Lipinski definition) is 5. The number of carbonyl (C=O) groups excluding carboxylic acids is 1. The van der Waals surface area contributed by atoms with Crippen LogP contribution in [0.1, 0.15) is 37.6 Å². The Hall–Kier alpha value is -3.01. The van der Waals surface area contributed by atoms with Gasteiger partial charge in [0.15, 0.2) is 6.61 Å². The zero-order valence-corrected chi connectivity index (χ0v) is 24.0. The summed E-state index contributed by atoms with van der Waals surface area (Å²) in [5.41, 5.74) is 1.77. The maximum absolute atomic E-state index is 13.3. The van der Waals surface area contributed by atoms with Crippen LogP contribution in [0.2, 0.25) is 5.02 Å². The highest BCUT2D eigenvalue weighted by atomic mass is 79.9. The lowest BCUT2D eigenvalue weighted by molar-refractivity contribution is -0.118. The number of nitrogens with one attached hydrogen (secondary N) is 1. The van der Waals surface area contributed by atoms with Gasteiger partial charge in [-0.25, -0.2) is 4.98 Å². The molecule has 4 aromatic rings. The molecular weight excluding hydrogens is 624 g/mol. The van der Waals surface area contributed by atoms with Gasteiger partial charge in [-0.3, -0.25) is 9.59 Å². The molecule has 7 nitrogen and oxygen atoms in total. The van der Waals surface area contributed by atoms with Gasteiger partial charge in [-0.15, -0.1) is 0 Å². The maximum atomic E-state index is 13.3. The van der Waals surface area contributed by atoms with Crippen LogP contribution >= 0.6 is 43.5 Å². The average Bonchev–Trinajstić information content (AvgIpc) is 2.88. The second kappa shape index (κ2) is 12.0. The molecule has 0 aliphatic heterocycles. The maximum Gasteiger partial charge on any atom is 0.282 e. The molecule has 0 saturated carbocycles. The molecule has 1 N–H and O–H groups in total. The normalized spacial score (nSPS) is 12.1. The first kappa shape index (κ1) is 27.0. The Kier molecular flexibility index (Phi) is 8.79. The Morgan fingerprint density at radius 3 is 2.62 bits per heavy atom. The molecule has 37 heavy (non-hydrogen) atoms. The van der Waals surface area contributed by atoms with Crippen molar-refractivity contribution in [3.63, 3.8) is 0 Å². The first-order valence-corrected chi connectivity index (χ1v) is 13.5. The predicted octanol–water partition coefficient (Wildman–Crippen LogP) is 6.99. The van der Waals surface area contributed by atoms with Gasteiger partial charge in [0, 0.05) is 21.1 Å². The van der Waals surface area contributed by atoms with Gasteiger partial charge in [0.05, 0.1) is 21.6 Å². The van der Waals surface area contributed by atoms with Crippen LogP contribution < -0.4 is 15.6 Å². The predicted molar refractivity (Wildman–Crippen MR) is 155 cm³/mol. The van der Waals surface area contributed by atoms with E-state index in [2.05, 4.69) is 42.3 Å². The number of carbonyl (C=O) groups is 1. The fourth-order valence-corrected chi connectivity index (χ4v) is 4.49. The number of amides is 1. The standard InChI is InChI=1S/C27H23Br2ClN4O3/c1-3-16(2)26-33-23-10-5-18(28)13-21(23)27(36)34(26)31-14-17-4-11-24(22(29)12-17)37-15-25(35)32-20-8-6-19(30)7-9-20/h4-14,16H,3,15H2,1-2H3,(H,32,35)/t16-/m1/s1. The summed E-state index contributed by atoms with van der Waals surface area (Å²) in [6.45, 7) is 3.90. The third-order valence-corrected chi connectivity index (χ3v) is 7.02. The van der Waals surface area contributed by atoms with Crippen molar-refractivity contribution in [3.05, 3.63) is 96.4 Å². The Bertz CT molecular complexity index is 1540. The zero-order valence-electron chi connectivity index (χ0n) is 20.0. The summed E-state index contributed by atoms with van der Waals surface area (Å²) >= 11 is 12.8. The van der Waals surface area contributed by atoms with Gasteiger partial charge in [-0.05, 0) is 88.6 Å². The van der Waals surface area contributed by atoms with Crippen LogP contribution in [0.5, 0.6) is 5.75 Å². The molecule has 1 aromatic heterocycles. The van der Waals surface area contributed by atoms with Crippen molar-refractivity contribution in [3.8, 4) is 5.75 Å². The summed E-state index contributed by atoms with van der Waals surface area (Å²) in [6.07, 6.45) is 2.41. The lowest BCUT2D eigenvalue weighted by atomic mass is 10.1. The van der Waals surface area contributed by atoms with E-state index >= 15 is 0 Å². The third-order valence-electron chi connectivity index (χ3n) is 5.65. The molecule has 0 radical (unpaired) electrons. The molecule has 0 aliphatic carbocycles. The fourth-order valence-electron chi connectivity index (χ4n) is 3.49. The van der Waals surface area contributed by atoms with Gasteiger partial charge in [-0.2, -0.15) is 9.78 Å². The monoisotopic (exact) mass is 644 g/mol. The average molecular weight is 647 g/mol. The number of halogens is 3. The topological polar surface area (TPSA) is 85.6 Å². The number of rotatable bonds is 8. The Balaban J connectivity index is 1.52. The molecular formula is C27H23Br2ClN4O3. The van der Waals surface area contributed by atoms with Crippen molar-refractivity contribution < 1.29 is 9.53 Å². The smallest absolute Gasteiger partial charge is 0.282 e. The van der Waals surface area contributed by atoms with Crippen molar-refractivity contribution in [2.45, 2.75) is 26.2 Å². The van der Waals surface area contributed by atoms with Crippen LogP contribution in [0.15, 0.2) is 79.5 Å². The molecule has 190 valence electrons. The van der Waals surface area contributed by atoms with Crippen LogP contribution in [-0.2, 0) is 4.79 Å². The molecule has 0 unspecified atom stereocenters. The number of fused-ring (bicyclic) bond motifs is 1. The van der Waals surface area contributed by atoms with Crippen molar-refractivity contribution >= 4 is 72.2 Å². The lowest BCUT2D eigenvalue weighted by Gasteiger charge is -2.14. The van der Waals surface area contributed by atoms with Crippen LogP contribution in [0.4, 0.5) is 5.69 Å². The third kappa shape index (κ3) is 6.66. The van der Waals surface area contributed by atoms with E-state index in [0.29, 0.717) is 37.7 Å². The number of anilines is 1. The molecule has 0 bridgehead atoms. The summed E-state index contributed by atoms with van der Waals surface area (Å²) in [6, 6.07) is 17.6. The van der Waals surface area contributed by atoms with E-state index in [-0.39, 0.29) is 24.0 Å². The van der Waals surface area contributed by atoms with E-state index in [0.717, 1.165) is 16.5 Å². The van der Waals surface area contributed by atoms with Crippen molar-refractivity contribution in [1.29, 1.82) is 0 Å². The van der Waals surface area contributed by atoms with Crippen LogP contribution in [0.3, 0.4) is 0 Å². The molecule has 1 atom stereocenters. The summed E-state index contributed by atoms with van der Waals surface area (Å²) < 4.78 is 8.46. The Labute approximate surface area is 235 Å². The minimum absolute atomic E-state index is 0.0411. The highest BCUT2D eigenvalue weighted by Crippen LogP contribution is 2.26. The van der Waals surface area contributed by atoms with E-state index in [1.165, 1.54) is 4.68 Å². The molecule has 0 aliphatic rings. The van der Waals surface area contributed by atoms with E-state index in [1.807, 2.05) is 26.0 Å². The number of hydrogen-bond donors (Lipinski definition) is 1. The summed E-state index contributed by atoms with van der Waals surface area (Å²) in [7, 11) is 0. The first-order chi connectivity index (χ1) is 17.7. The number of nitrogens with zero attached hydrogens (tertiary/aromatic N) is 3. The largest absolute Gasteiger partial charge is 0.483 e. The van der Waals surface area contributed by atoms with E-state index in [9.17, 15) is 9.59 Å². The molecule has 1 heterocycles. The van der Waals surface area contributed by atoms with E-state index in [4.69, 9.17) is 21.3 Å². The van der Waals surface area contributed by atoms with Gasteiger partial charge in [-0.1, -0.05) is 41.4 Å². The van der Waals surface area contributed by atoms with Crippen molar-refractivity contribution in [1.82, 2.24) is 9.66 Å². The summed E-state index contributed by atoms with van der Waals surface area (Å²) in [4.78, 5) is 30.2. The number of ether oxygens (including phenoxy) is 1. The molecule has 3 aromatic carbocycles. The highest BCUT2D eigenvalue weighted by molar-refractivity contribution is 9.10. The molecule has 0 fully saturated rings. The van der Waals surface area contributed by atoms with E-state index in [1.54, 1.807) is 54.7 Å². The van der Waals surface area contributed by atoms with Gasteiger partial charge in [0.2, 0.25) is 0 Å². The second-order valence-corrected chi connectivity index (χ2v) is 10.5. The SMILES string of the molecule is CC[C@@H](C)c1nc2ccc(Br)cc2c(=O)n1N=Cc1ccc(OCC(=O)Nc2ccc(Cl)cc2)c(Br)c1. The van der Waals surface area contributed by atoms with E-state index < -0.39 is 0 Å².